The molecule has 22 heavy (non-hydrogen) atoms. The van der Waals surface area contributed by atoms with Crippen molar-refractivity contribution in [1.82, 2.24) is 0 Å². The van der Waals surface area contributed by atoms with Gasteiger partial charge in [-0.15, -0.1) is 11.3 Å². The second-order valence-corrected chi connectivity index (χ2v) is 6.68. The number of rotatable bonds is 2. The van der Waals surface area contributed by atoms with Crippen molar-refractivity contribution >= 4 is 33.5 Å². The lowest BCUT2D eigenvalue weighted by atomic mass is 9.83. The minimum atomic E-state index is 0.0544. The van der Waals surface area contributed by atoms with Crippen LogP contribution in [0.1, 0.15) is 29.2 Å². The lowest BCUT2D eigenvalue weighted by molar-refractivity contribution is -0.119. The highest BCUT2D eigenvalue weighted by Gasteiger charge is 2.26. The summed E-state index contributed by atoms with van der Waals surface area (Å²) >= 11 is 1.68. The van der Waals surface area contributed by atoms with Crippen LogP contribution in [-0.2, 0) is 4.79 Å². The summed E-state index contributed by atoms with van der Waals surface area (Å²) in [5.74, 6) is 0.395. The summed E-state index contributed by atoms with van der Waals surface area (Å²) in [7, 11) is 0. The normalized spacial score (nSPS) is 18.5. The molecule has 2 aromatic carbocycles. The molecule has 0 fully saturated rings. The number of fused-ring (bicyclic) bond motifs is 1. The van der Waals surface area contributed by atoms with Crippen LogP contribution in [0.4, 0.5) is 0 Å². The second-order valence-electron chi connectivity index (χ2n) is 5.70. The highest BCUT2D eigenvalue weighted by molar-refractivity contribution is 7.10. The van der Waals surface area contributed by atoms with Crippen molar-refractivity contribution in [1.29, 1.82) is 0 Å². The molecular formula is C20H16OS. The van der Waals surface area contributed by atoms with Crippen LogP contribution in [-0.4, -0.2) is 5.78 Å². The molecule has 0 saturated carbocycles. The smallest absolute Gasteiger partial charge is 0.145 e. The average molecular weight is 304 g/mol. The largest absolute Gasteiger partial charge is 0.299 e. The van der Waals surface area contributed by atoms with Gasteiger partial charge >= 0.3 is 0 Å². The van der Waals surface area contributed by atoms with E-state index < -0.39 is 0 Å². The molecule has 108 valence electrons. The third kappa shape index (κ3) is 2.30. The van der Waals surface area contributed by atoms with Gasteiger partial charge in [-0.25, -0.2) is 0 Å². The van der Waals surface area contributed by atoms with Crippen molar-refractivity contribution in [3.05, 3.63) is 76.5 Å². The predicted molar refractivity (Wildman–Crippen MR) is 93.2 cm³/mol. The number of ketones is 1. The maximum absolute atomic E-state index is 12.6. The molecule has 0 unspecified atom stereocenters. The third-order valence-electron chi connectivity index (χ3n) is 4.38. The Balaban J connectivity index is 1.73. The van der Waals surface area contributed by atoms with E-state index in [-0.39, 0.29) is 5.92 Å². The van der Waals surface area contributed by atoms with Gasteiger partial charge in [-0.2, -0.15) is 0 Å². The standard InChI is InChI=1S/C20H16OS/c21-19-13-15(10-11-18(19)20-9-4-12-22-20)17-8-3-6-14-5-1-2-7-16(14)17/h1-10,12,18H,11,13H2/t18-/m1/s1. The Kier molecular flexibility index (Phi) is 3.39. The number of hydrogen-bond acceptors (Lipinski definition) is 2. The molecule has 1 nitrogen and oxygen atoms in total. The Morgan fingerprint density at radius 2 is 1.82 bits per heavy atom. The molecule has 0 spiro atoms. The lowest BCUT2D eigenvalue weighted by Crippen LogP contribution is -2.15. The van der Waals surface area contributed by atoms with E-state index in [0.29, 0.717) is 12.2 Å². The summed E-state index contributed by atoms with van der Waals surface area (Å²) in [6.07, 6.45) is 3.61. The highest BCUT2D eigenvalue weighted by Crippen LogP contribution is 2.37. The van der Waals surface area contributed by atoms with Crippen molar-refractivity contribution in [2.75, 3.05) is 0 Å². The first-order valence-electron chi connectivity index (χ1n) is 7.56. The Hall–Kier alpha value is -2.19. The summed E-state index contributed by atoms with van der Waals surface area (Å²) in [5.41, 5.74) is 2.38. The van der Waals surface area contributed by atoms with E-state index in [9.17, 15) is 4.79 Å². The van der Waals surface area contributed by atoms with Crippen LogP contribution < -0.4 is 0 Å². The van der Waals surface area contributed by atoms with Crippen LogP contribution in [0.3, 0.4) is 0 Å². The van der Waals surface area contributed by atoms with Crippen LogP contribution >= 0.6 is 11.3 Å². The van der Waals surface area contributed by atoms with Gasteiger partial charge in [-0.3, -0.25) is 4.79 Å². The first-order valence-corrected chi connectivity index (χ1v) is 8.44. The van der Waals surface area contributed by atoms with E-state index in [1.807, 2.05) is 11.4 Å². The molecular weight excluding hydrogens is 288 g/mol. The molecule has 0 N–H and O–H groups in total. The number of benzene rings is 2. The Labute approximate surface area is 133 Å². The van der Waals surface area contributed by atoms with Crippen molar-refractivity contribution in [2.45, 2.75) is 18.8 Å². The fraction of sp³-hybridized carbons (Fsp3) is 0.150. The minimum absolute atomic E-state index is 0.0544. The van der Waals surface area contributed by atoms with Crippen molar-refractivity contribution in [3.63, 3.8) is 0 Å². The Morgan fingerprint density at radius 3 is 2.64 bits per heavy atom. The van der Waals surface area contributed by atoms with Crippen molar-refractivity contribution in [3.8, 4) is 0 Å². The van der Waals surface area contributed by atoms with Gasteiger partial charge in [0, 0.05) is 11.3 Å². The molecule has 1 aliphatic rings. The number of hydrogen-bond donors (Lipinski definition) is 0. The highest BCUT2D eigenvalue weighted by atomic mass is 32.1. The summed E-state index contributed by atoms with van der Waals surface area (Å²) in [4.78, 5) is 13.8. The van der Waals surface area contributed by atoms with Gasteiger partial charge in [0.2, 0.25) is 0 Å². The number of allylic oxidation sites excluding steroid dienone is 2. The molecule has 0 aliphatic heterocycles. The monoisotopic (exact) mass is 304 g/mol. The van der Waals surface area contributed by atoms with Gasteiger partial charge in [0.25, 0.3) is 0 Å². The number of Topliss-reactive ketones (excluding diaryl/α,β-unsaturated/α-hetero) is 1. The van der Waals surface area contributed by atoms with E-state index in [2.05, 4.69) is 54.6 Å². The van der Waals surface area contributed by atoms with Gasteiger partial charge in [-0.1, -0.05) is 54.6 Å². The fourth-order valence-electron chi connectivity index (χ4n) is 3.25. The van der Waals surface area contributed by atoms with Gasteiger partial charge in [-0.05, 0) is 39.8 Å². The minimum Gasteiger partial charge on any atom is -0.299 e. The Morgan fingerprint density at radius 1 is 0.955 bits per heavy atom. The molecule has 1 atom stereocenters. The van der Waals surface area contributed by atoms with Gasteiger partial charge in [0.15, 0.2) is 0 Å². The molecule has 4 rings (SSSR count). The first kappa shape index (κ1) is 13.5. The third-order valence-corrected chi connectivity index (χ3v) is 5.36. The zero-order valence-electron chi connectivity index (χ0n) is 12.2. The number of carbonyl (C=O) groups excluding carboxylic acids is 1. The molecule has 0 saturated heterocycles. The van der Waals surface area contributed by atoms with Crippen molar-refractivity contribution < 1.29 is 4.79 Å². The van der Waals surface area contributed by atoms with Gasteiger partial charge < -0.3 is 0 Å². The molecule has 0 bridgehead atoms. The van der Waals surface area contributed by atoms with Gasteiger partial charge in [0.1, 0.15) is 5.78 Å². The van der Waals surface area contributed by atoms with E-state index in [1.165, 1.54) is 26.8 Å². The summed E-state index contributed by atoms with van der Waals surface area (Å²) in [6.45, 7) is 0. The van der Waals surface area contributed by atoms with E-state index >= 15 is 0 Å². The Bertz CT molecular complexity index is 853. The molecule has 1 heterocycles. The quantitative estimate of drug-likeness (QED) is 0.617. The maximum atomic E-state index is 12.6. The fourth-order valence-corrected chi connectivity index (χ4v) is 4.11. The summed E-state index contributed by atoms with van der Waals surface area (Å²) in [5, 5.41) is 4.51. The van der Waals surface area contributed by atoms with Crippen LogP contribution in [0.15, 0.2) is 66.1 Å². The molecule has 1 aliphatic carbocycles. The zero-order chi connectivity index (χ0) is 14.9. The lowest BCUT2D eigenvalue weighted by Gasteiger charge is -2.21. The topological polar surface area (TPSA) is 17.1 Å². The predicted octanol–water partition coefficient (Wildman–Crippen LogP) is 5.43. The average Bonchev–Trinajstić information content (AvgIpc) is 3.08. The molecule has 1 aromatic heterocycles. The summed E-state index contributed by atoms with van der Waals surface area (Å²) in [6, 6.07) is 18.8. The van der Waals surface area contributed by atoms with Crippen molar-refractivity contribution in [2.24, 2.45) is 0 Å². The summed E-state index contributed by atoms with van der Waals surface area (Å²) < 4.78 is 0. The zero-order valence-corrected chi connectivity index (χ0v) is 13.0. The second kappa shape index (κ2) is 5.54. The van der Waals surface area contributed by atoms with Crippen LogP contribution in [0.25, 0.3) is 16.3 Å². The number of thiophene rings is 1. The molecule has 3 aromatic rings. The maximum Gasteiger partial charge on any atom is 0.145 e. The molecule has 0 radical (unpaired) electrons. The number of carbonyl (C=O) groups is 1. The van der Waals surface area contributed by atoms with Gasteiger partial charge in [0.05, 0.1) is 5.92 Å². The van der Waals surface area contributed by atoms with E-state index in [0.717, 1.165) is 6.42 Å². The first-order chi connectivity index (χ1) is 10.8. The van der Waals surface area contributed by atoms with Crippen LogP contribution in [0, 0.1) is 0 Å². The van der Waals surface area contributed by atoms with Crippen LogP contribution in [0.2, 0.25) is 0 Å². The molecule has 0 amide bonds. The SMILES string of the molecule is O=C1CC(c2cccc3ccccc23)=CC[C@H]1c1cccs1. The van der Waals surface area contributed by atoms with E-state index in [1.54, 1.807) is 11.3 Å². The van der Waals surface area contributed by atoms with Crippen LogP contribution in [0.5, 0.6) is 0 Å². The van der Waals surface area contributed by atoms with E-state index in [4.69, 9.17) is 0 Å². The molecule has 2 heteroatoms.